The number of hydrogen-bond donors (Lipinski definition) is 1. The lowest BCUT2D eigenvalue weighted by Crippen LogP contribution is -2.18. The molecule has 3 rings (SSSR count). The molecule has 1 saturated heterocycles. The quantitative estimate of drug-likeness (QED) is 0.442. The van der Waals surface area contributed by atoms with E-state index in [0.717, 1.165) is 18.8 Å². The normalized spacial score (nSPS) is 26.7. The second kappa shape index (κ2) is 8.79. The Kier molecular flexibility index (Phi) is 6.68. The van der Waals surface area contributed by atoms with Gasteiger partial charge in [0.15, 0.2) is 11.6 Å². The van der Waals surface area contributed by atoms with Crippen LogP contribution in [0.2, 0.25) is 0 Å². The molecule has 1 aromatic carbocycles. The average Bonchev–Trinajstić information content (AvgIpc) is 3.45. The van der Waals surface area contributed by atoms with Crippen LogP contribution in [0.1, 0.15) is 93.6 Å². The molecular formula is C22H32F2O2. The van der Waals surface area contributed by atoms with Crippen molar-refractivity contribution in [3.63, 3.8) is 0 Å². The van der Waals surface area contributed by atoms with E-state index < -0.39 is 17.7 Å². The largest absolute Gasteiger partial charge is 0.388 e. The number of ether oxygens (including phenoxy) is 1. The Morgan fingerprint density at radius 2 is 1.77 bits per heavy atom. The van der Waals surface area contributed by atoms with Crippen LogP contribution < -0.4 is 0 Å². The van der Waals surface area contributed by atoms with Gasteiger partial charge in [-0.25, -0.2) is 8.78 Å². The molecule has 1 aliphatic heterocycles. The van der Waals surface area contributed by atoms with Gasteiger partial charge in [-0.3, -0.25) is 0 Å². The molecule has 2 nitrogen and oxygen atoms in total. The Balaban J connectivity index is 1.57. The predicted molar refractivity (Wildman–Crippen MR) is 99.0 cm³/mol. The Morgan fingerprint density at radius 1 is 1.12 bits per heavy atom. The van der Waals surface area contributed by atoms with Gasteiger partial charge in [0, 0.05) is 11.1 Å². The monoisotopic (exact) mass is 366 g/mol. The highest BCUT2D eigenvalue weighted by Gasteiger charge is 2.33. The molecule has 1 heterocycles. The first-order valence-corrected chi connectivity index (χ1v) is 10.3. The zero-order valence-corrected chi connectivity index (χ0v) is 16.1. The number of unbranched alkanes of at least 4 members (excludes halogenated alkanes) is 2. The van der Waals surface area contributed by atoms with E-state index in [9.17, 15) is 13.9 Å². The molecule has 1 aliphatic carbocycles. The van der Waals surface area contributed by atoms with Crippen LogP contribution in [0.15, 0.2) is 6.07 Å². The van der Waals surface area contributed by atoms with E-state index in [1.165, 1.54) is 38.5 Å². The minimum absolute atomic E-state index is 0.136. The third kappa shape index (κ3) is 4.64. The van der Waals surface area contributed by atoms with Crippen molar-refractivity contribution in [3.8, 4) is 0 Å². The molecule has 2 fully saturated rings. The number of hydrogen-bond acceptors (Lipinski definition) is 2. The van der Waals surface area contributed by atoms with E-state index >= 15 is 0 Å². The van der Waals surface area contributed by atoms with Crippen LogP contribution in [0.25, 0.3) is 0 Å². The van der Waals surface area contributed by atoms with E-state index in [1.54, 1.807) is 13.0 Å². The molecule has 0 amide bonds. The van der Waals surface area contributed by atoms with Crippen molar-refractivity contribution in [1.82, 2.24) is 0 Å². The summed E-state index contributed by atoms with van der Waals surface area (Å²) in [5.41, 5.74) is 1.04. The topological polar surface area (TPSA) is 32.8 Å². The highest BCUT2D eigenvalue weighted by Crippen LogP contribution is 2.40. The van der Waals surface area contributed by atoms with Crippen LogP contribution in [0, 0.1) is 30.4 Å². The third-order valence-corrected chi connectivity index (χ3v) is 6.23. The van der Waals surface area contributed by atoms with Crippen molar-refractivity contribution in [2.24, 2.45) is 11.8 Å². The second-order valence-corrected chi connectivity index (χ2v) is 8.28. The fraction of sp³-hybridized carbons (Fsp3) is 0.727. The minimum Gasteiger partial charge on any atom is -0.388 e. The van der Waals surface area contributed by atoms with Crippen molar-refractivity contribution in [2.45, 2.75) is 83.8 Å². The van der Waals surface area contributed by atoms with Crippen LogP contribution in [0.5, 0.6) is 0 Å². The number of epoxide rings is 1. The summed E-state index contributed by atoms with van der Waals surface area (Å²) in [4.78, 5) is 0. The molecule has 2 unspecified atom stereocenters. The summed E-state index contributed by atoms with van der Waals surface area (Å²) in [5.74, 6) is -0.535. The predicted octanol–water partition coefficient (Wildman–Crippen LogP) is 6.15. The minimum atomic E-state index is -0.930. The van der Waals surface area contributed by atoms with Crippen LogP contribution in [0.4, 0.5) is 8.78 Å². The first kappa shape index (κ1) is 19.8. The van der Waals surface area contributed by atoms with Gasteiger partial charge in [0.25, 0.3) is 0 Å². The highest BCUT2D eigenvalue weighted by molar-refractivity contribution is 5.37. The summed E-state index contributed by atoms with van der Waals surface area (Å²) in [6.45, 7) is 4.42. The first-order valence-electron chi connectivity index (χ1n) is 10.3. The number of aryl methyl sites for hydroxylation is 1. The molecule has 26 heavy (non-hydrogen) atoms. The van der Waals surface area contributed by atoms with Crippen LogP contribution in [0.3, 0.4) is 0 Å². The number of rotatable bonds is 8. The van der Waals surface area contributed by atoms with Crippen molar-refractivity contribution >= 4 is 0 Å². The van der Waals surface area contributed by atoms with Crippen molar-refractivity contribution < 1.29 is 18.6 Å². The van der Waals surface area contributed by atoms with Gasteiger partial charge < -0.3 is 9.84 Å². The molecule has 1 saturated carbocycles. The summed E-state index contributed by atoms with van der Waals surface area (Å²) >= 11 is 0. The van der Waals surface area contributed by atoms with Gasteiger partial charge in [0.2, 0.25) is 0 Å². The van der Waals surface area contributed by atoms with Crippen molar-refractivity contribution in [3.05, 3.63) is 34.4 Å². The number of aliphatic hydroxyl groups excluding tert-OH is 1. The molecule has 0 aromatic heterocycles. The van der Waals surface area contributed by atoms with Gasteiger partial charge >= 0.3 is 0 Å². The maximum atomic E-state index is 14.6. The molecule has 4 heteroatoms. The van der Waals surface area contributed by atoms with Gasteiger partial charge in [-0.05, 0) is 36.8 Å². The fourth-order valence-electron chi connectivity index (χ4n) is 4.54. The summed E-state index contributed by atoms with van der Waals surface area (Å²) in [6.07, 6.45) is 9.05. The number of halogens is 2. The van der Waals surface area contributed by atoms with Crippen molar-refractivity contribution in [1.29, 1.82) is 0 Å². The zero-order chi connectivity index (χ0) is 18.7. The van der Waals surface area contributed by atoms with Gasteiger partial charge in [-0.2, -0.15) is 0 Å². The highest BCUT2D eigenvalue weighted by atomic mass is 19.2. The van der Waals surface area contributed by atoms with Crippen LogP contribution in [-0.4, -0.2) is 11.7 Å². The molecule has 146 valence electrons. The molecule has 2 atom stereocenters. The third-order valence-electron chi connectivity index (χ3n) is 6.23. The van der Waals surface area contributed by atoms with Crippen LogP contribution in [-0.2, 0) is 4.74 Å². The number of aliphatic hydroxyl groups is 1. The Bertz CT molecular complexity index is 605. The van der Waals surface area contributed by atoms with Gasteiger partial charge in [-0.15, -0.1) is 0 Å². The molecule has 1 N–H and O–H groups in total. The maximum Gasteiger partial charge on any atom is 0.165 e. The lowest BCUT2D eigenvalue weighted by molar-refractivity contribution is 0.117. The van der Waals surface area contributed by atoms with E-state index in [0.29, 0.717) is 24.5 Å². The Hall–Kier alpha value is -1.00. The Labute approximate surface area is 155 Å². The standard InChI is InChI=1S/C22H32F2O2/c1-3-4-5-6-15-7-9-16(10-8-15)12-18(25)20-14(2)11-17(19-13-26-19)21(23)22(20)24/h11,15-16,18-19,25H,3-10,12-13H2,1-2H3. The lowest BCUT2D eigenvalue weighted by Gasteiger charge is -2.30. The maximum absolute atomic E-state index is 14.6. The second-order valence-electron chi connectivity index (χ2n) is 8.28. The van der Waals surface area contributed by atoms with E-state index in [2.05, 4.69) is 6.92 Å². The van der Waals surface area contributed by atoms with Gasteiger partial charge in [-0.1, -0.05) is 58.3 Å². The lowest BCUT2D eigenvalue weighted by atomic mass is 9.77. The number of benzene rings is 1. The average molecular weight is 366 g/mol. The smallest absolute Gasteiger partial charge is 0.165 e. The molecule has 1 aromatic rings. The zero-order valence-electron chi connectivity index (χ0n) is 16.1. The molecule has 2 aliphatic rings. The molecular weight excluding hydrogens is 334 g/mol. The van der Waals surface area contributed by atoms with E-state index in [-0.39, 0.29) is 17.2 Å². The summed E-state index contributed by atoms with van der Waals surface area (Å²) in [7, 11) is 0. The van der Waals surface area contributed by atoms with E-state index in [4.69, 9.17) is 4.74 Å². The van der Waals surface area contributed by atoms with Gasteiger partial charge in [0.05, 0.1) is 12.7 Å². The Morgan fingerprint density at radius 3 is 2.38 bits per heavy atom. The summed E-state index contributed by atoms with van der Waals surface area (Å²) in [6, 6.07) is 1.64. The molecule has 0 spiro atoms. The van der Waals surface area contributed by atoms with Gasteiger partial charge in [0.1, 0.15) is 6.10 Å². The van der Waals surface area contributed by atoms with Crippen LogP contribution >= 0.6 is 0 Å². The molecule has 0 bridgehead atoms. The summed E-state index contributed by atoms with van der Waals surface area (Å²) in [5, 5.41) is 10.6. The fourth-order valence-corrected chi connectivity index (χ4v) is 4.54. The first-order chi connectivity index (χ1) is 12.5. The summed E-state index contributed by atoms with van der Waals surface area (Å²) < 4.78 is 33.9. The SMILES string of the molecule is CCCCCC1CCC(CC(O)c2c(C)cc(C3CO3)c(F)c2F)CC1. The molecule has 0 radical (unpaired) electrons. The van der Waals surface area contributed by atoms with Crippen molar-refractivity contribution in [2.75, 3.05) is 6.61 Å². The van der Waals surface area contributed by atoms with E-state index in [1.807, 2.05) is 0 Å².